The van der Waals surface area contributed by atoms with Gasteiger partial charge >= 0.3 is 0 Å². The van der Waals surface area contributed by atoms with Gasteiger partial charge < -0.3 is 9.47 Å². The van der Waals surface area contributed by atoms with Gasteiger partial charge in [0.15, 0.2) is 17.3 Å². The fourth-order valence-electron chi connectivity index (χ4n) is 2.98. The number of hydrogen-bond acceptors (Lipinski definition) is 5. The molecule has 0 bridgehead atoms. The average Bonchev–Trinajstić information content (AvgIpc) is 3.18. The van der Waals surface area contributed by atoms with Gasteiger partial charge in [0.1, 0.15) is 6.61 Å². The molecular formula is C23H18Cl2N4O2S. The van der Waals surface area contributed by atoms with Crippen LogP contribution in [0.2, 0.25) is 10.0 Å². The fraction of sp³-hybridized carbons (Fsp3) is 0.0870. The third kappa shape index (κ3) is 5.02. The van der Waals surface area contributed by atoms with Gasteiger partial charge in [-0.05, 0) is 48.1 Å². The number of methoxy groups -OCH3 is 1. The quantitative estimate of drug-likeness (QED) is 0.244. The first kappa shape index (κ1) is 22.1. The van der Waals surface area contributed by atoms with Crippen LogP contribution < -0.4 is 9.47 Å². The van der Waals surface area contributed by atoms with Gasteiger partial charge in [0.25, 0.3) is 0 Å². The van der Waals surface area contributed by atoms with Gasteiger partial charge in [-0.3, -0.25) is 0 Å². The second kappa shape index (κ2) is 9.99. The van der Waals surface area contributed by atoms with E-state index in [2.05, 4.69) is 15.3 Å². The minimum absolute atomic E-state index is 0.282. The Morgan fingerprint density at radius 3 is 2.62 bits per heavy atom. The third-order valence-electron chi connectivity index (χ3n) is 4.59. The lowest BCUT2D eigenvalue weighted by atomic mass is 10.2. The largest absolute Gasteiger partial charge is 0.493 e. The summed E-state index contributed by atoms with van der Waals surface area (Å²) in [5.74, 6) is 1.78. The van der Waals surface area contributed by atoms with Crippen molar-refractivity contribution in [2.45, 2.75) is 6.61 Å². The van der Waals surface area contributed by atoms with Gasteiger partial charge in [-0.2, -0.15) is 14.9 Å². The number of benzene rings is 3. The van der Waals surface area contributed by atoms with E-state index in [1.54, 1.807) is 30.1 Å². The Labute approximate surface area is 200 Å². The number of nitrogens with zero attached hydrogens (tertiary/aromatic N) is 3. The molecule has 1 heterocycles. The van der Waals surface area contributed by atoms with Crippen LogP contribution in [0.25, 0.3) is 11.4 Å². The molecule has 0 spiro atoms. The minimum atomic E-state index is 0.282. The standard InChI is InChI=1S/C23H18Cl2N4O2S/c1-30-21-11-15(7-10-20(21)31-14-17-8-9-18(24)12-19(17)25)13-26-29-22(27-28-23(29)32)16-5-3-2-4-6-16/h2-13H,14H2,1H3,(H,28,32)/b26-13-. The molecule has 0 atom stereocenters. The first-order valence-corrected chi connectivity index (χ1v) is 10.7. The van der Waals surface area contributed by atoms with E-state index in [4.69, 9.17) is 44.9 Å². The number of H-pyrrole nitrogens is 1. The lowest BCUT2D eigenvalue weighted by Gasteiger charge is -2.12. The van der Waals surface area contributed by atoms with E-state index in [-0.39, 0.29) is 6.61 Å². The predicted molar refractivity (Wildman–Crippen MR) is 130 cm³/mol. The Morgan fingerprint density at radius 2 is 1.88 bits per heavy atom. The molecule has 1 N–H and O–H groups in total. The number of nitrogens with one attached hydrogen (secondary N) is 1. The van der Waals surface area contributed by atoms with Crippen LogP contribution in [0.5, 0.6) is 11.5 Å². The van der Waals surface area contributed by atoms with Crippen molar-refractivity contribution >= 4 is 41.6 Å². The fourth-order valence-corrected chi connectivity index (χ4v) is 3.62. The van der Waals surface area contributed by atoms with Crippen LogP contribution in [0.15, 0.2) is 71.8 Å². The molecule has 9 heteroatoms. The molecule has 0 amide bonds. The second-order valence-corrected chi connectivity index (χ2v) is 7.94. The number of hydrogen-bond donors (Lipinski definition) is 1. The van der Waals surface area contributed by atoms with Crippen molar-refractivity contribution in [1.82, 2.24) is 14.9 Å². The van der Waals surface area contributed by atoms with Crippen LogP contribution in [-0.4, -0.2) is 28.2 Å². The number of aromatic nitrogens is 3. The van der Waals surface area contributed by atoms with Crippen molar-refractivity contribution in [2.24, 2.45) is 5.10 Å². The summed E-state index contributed by atoms with van der Waals surface area (Å²) >= 11 is 17.5. The third-order valence-corrected chi connectivity index (χ3v) is 5.44. The maximum Gasteiger partial charge on any atom is 0.216 e. The molecule has 4 aromatic rings. The van der Waals surface area contributed by atoms with Crippen LogP contribution in [0, 0.1) is 4.77 Å². The first-order valence-electron chi connectivity index (χ1n) is 9.57. The molecule has 1 aromatic heterocycles. The zero-order chi connectivity index (χ0) is 22.5. The Morgan fingerprint density at radius 1 is 1.06 bits per heavy atom. The van der Waals surface area contributed by atoms with Gasteiger partial charge in [0.05, 0.1) is 13.3 Å². The zero-order valence-electron chi connectivity index (χ0n) is 17.0. The van der Waals surface area contributed by atoms with E-state index in [1.165, 1.54) is 0 Å². The number of ether oxygens (including phenoxy) is 2. The van der Waals surface area contributed by atoms with Crippen molar-refractivity contribution in [3.8, 4) is 22.9 Å². The van der Waals surface area contributed by atoms with Crippen molar-refractivity contribution in [3.63, 3.8) is 0 Å². The first-order chi connectivity index (χ1) is 15.5. The Bertz CT molecular complexity index is 1320. The second-order valence-electron chi connectivity index (χ2n) is 6.71. The summed E-state index contributed by atoms with van der Waals surface area (Å²) in [5.41, 5.74) is 2.53. The van der Waals surface area contributed by atoms with E-state index in [1.807, 2.05) is 54.6 Å². The molecule has 0 radical (unpaired) electrons. The summed E-state index contributed by atoms with van der Waals surface area (Å²) in [6, 6.07) is 20.5. The van der Waals surface area contributed by atoms with Crippen molar-refractivity contribution < 1.29 is 9.47 Å². The maximum atomic E-state index is 6.22. The summed E-state index contributed by atoms with van der Waals surface area (Å²) in [6.07, 6.45) is 1.68. The van der Waals surface area contributed by atoms with Gasteiger partial charge in [-0.1, -0.05) is 59.6 Å². The van der Waals surface area contributed by atoms with Gasteiger partial charge in [0.2, 0.25) is 4.77 Å². The number of halogens is 2. The van der Waals surface area contributed by atoms with Crippen molar-refractivity contribution in [1.29, 1.82) is 0 Å². The molecule has 162 valence electrons. The lowest BCUT2D eigenvalue weighted by molar-refractivity contribution is 0.284. The summed E-state index contributed by atoms with van der Waals surface area (Å²) in [6.45, 7) is 0.282. The van der Waals surface area contributed by atoms with Crippen LogP contribution in [0.4, 0.5) is 0 Å². The normalized spacial score (nSPS) is 11.1. The molecule has 0 aliphatic carbocycles. The van der Waals surface area contributed by atoms with Gasteiger partial charge in [-0.25, -0.2) is 5.10 Å². The van der Waals surface area contributed by atoms with E-state index < -0.39 is 0 Å². The van der Waals surface area contributed by atoms with Gasteiger partial charge in [0, 0.05) is 21.2 Å². The lowest BCUT2D eigenvalue weighted by Crippen LogP contribution is -1.99. The summed E-state index contributed by atoms with van der Waals surface area (Å²) in [7, 11) is 1.58. The van der Waals surface area contributed by atoms with Crippen LogP contribution in [-0.2, 0) is 6.61 Å². The minimum Gasteiger partial charge on any atom is -0.493 e. The highest BCUT2D eigenvalue weighted by Crippen LogP contribution is 2.30. The molecule has 0 fully saturated rings. The molecule has 6 nitrogen and oxygen atoms in total. The SMILES string of the molecule is COc1cc(/C=N\n2c(-c3ccccc3)n[nH]c2=S)ccc1OCc1ccc(Cl)cc1Cl. The maximum absolute atomic E-state index is 6.22. The summed E-state index contributed by atoms with van der Waals surface area (Å²) in [5, 5.41) is 12.7. The zero-order valence-corrected chi connectivity index (χ0v) is 19.3. The number of rotatable bonds is 7. The molecular weight excluding hydrogens is 467 g/mol. The molecule has 4 rings (SSSR count). The summed E-state index contributed by atoms with van der Waals surface area (Å²) < 4.78 is 13.4. The predicted octanol–water partition coefficient (Wildman–Crippen LogP) is 6.38. The Balaban J connectivity index is 1.54. The van der Waals surface area contributed by atoms with Crippen LogP contribution in [0.3, 0.4) is 0 Å². The molecule has 0 unspecified atom stereocenters. The van der Waals surface area contributed by atoms with Gasteiger partial charge in [-0.15, -0.1) is 0 Å². The molecule has 0 saturated carbocycles. The average molecular weight is 485 g/mol. The monoisotopic (exact) mass is 484 g/mol. The highest BCUT2D eigenvalue weighted by atomic mass is 35.5. The Kier molecular flexibility index (Phi) is 6.90. The Hall–Kier alpha value is -3.13. The van der Waals surface area contributed by atoms with E-state index in [9.17, 15) is 0 Å². The van der Waals surface area contributed by atoms with E-state index >= 15 is 0 Å². The smallest absolute Gasteiger partial charge is 0.216 e. The van der Waals surface area contributed by atoms with Crippen molar-refractivity contribution in [3.05, 3.63) is 92.7 Å². The summed E-state index contributed by atoms with van der Waals surface area (Å²) in [4.78, 5) is 0. The van der Waals surface area contributed by atoms with E-state index in [0.29, 0.717) is 32.1 Å². The highest BCUT2D eigenvalue weighted by molar-refractivity contribution is 7.71. The molecule has 3 aromatic carbocycles. The molecule has 0 aliphatic rings. The van der Waals surface area contributed by atoms with Crippen molar-refractivity contribution in [2.75, 3.05) is 7.11 Å². The molecule has 32 heavy (non-hydrogen) atoms. The number of aromatic amines is 1. The topological polar surface area (TPSA) is 64.4 Å². The van der Waals surface area contributed by atoms with E-state index in [0.717, 1.165) is 16.7 Å². The highest BCUT2D eigenvalue weighted by Gasteiger charge is 2.09. The molecule has 0 saturated heterocycles. The molecule has 0 aliphatic heterocycles. The van der Waals surface area contributed by atoms with Crippen LogP contribution >= 0.6 is 35.4 Å². The van der Waals surface area contributed by atoms with Crippen LogP contribution in [0.1, 0.15) is 11.1 Å².